The fourth-order valence-corrected chi connectivity index (χ4v) is 1.30. The number of benzene rings is 1. The highest BCUT2D eigenvalue weighted by Gasteiger charge is 2.23. The van der Waals surface area contributed by atoms with E-state index in [2.05, 4.69) is 4.74 Å². The molecule has 0 heterocycles. The van der Waals surface area contributed by atoms with Gasteiger partial charge in [0.1, 0.15) is 12.4 Å². The molecule has 1 aromatic carbocycles. The number of nitrogens with zero attached hydrogens (tertiary/aromatic N) is 1. The molecule has 0 bridgehead atoms. The van der Waals surface area contributed by atoms with E-state index in [0.29, 0.717) is 6.07 Å². The first kappa shape index (κ1) is 14.6. The highest BCUT2D eigenvalue weighted by molar-refractivity contribution is 5.90. The molecule has 0 N–H and O–H groups in total. The molecule has 0 spiro atoms. The van der Waals surface area contributed by atoms with Gasteiger partial charge in [-0.05, 0) is 6.92 Å². The third-order valence-electron chi connectivity index (χ3n) is 2.22. The van der Waals surface area contributed by atoms with Crippen LogP contribution in [-0.4, -0.2) is 24.6 Å². The number of carbonyl (C=O) groups excluding carboxylic acids is 1. The number of methoxy groups -OCH3 is 1. The SMILES string of the molecule is C/C=C/COc1cc(C(=O)OC)c(F)cc1[N+](=O)[O-]. The van der Waals surface area contributed by atoms with Gasteiger partial charge in [0.2, 0.25) is 0 Å². The molecule has 0 amide bonds. The van der Waals surface area contributed by atoms with Gasteiger partial charge < -0.3 is 9.47 Å². The molecule has 0 radical (unpaired) electrons. The van der Waals surface area contributed by atoms with E-state index in [4.69, 9.17) is 4.74 Å². The fourth-order valence-electron chi connectivity index (χ4n) is 1.30. The van der Waals surface area contributed by atoms with Gasteiger partial charge in [-0.25, -0.2) is 9.18 Å². The largest absolute Gasteiger partial charge is 0.483 e. The van der Waals surface area contributed by atoms with Crippen LogP contribution in [0.2, 0.25) is 0 Å². The van der Waals surface area contributed by atoms with E-state index in [-0.39, 0.29) is 12.4 Å². The number of hydrogen-bond acceptors (Lipinski definition) is 5. The predicted octanol–water partition coefficient (Wildman–Crippen LogP) is 2.48. The average molecular weight is 269 g/mol. The Balaban J connectivity index is 3.22. The number of hydrogen-bond donors (Lipinski definition) is 0. The first-order valence-corrected chi connectivity index (χ1v) is 5.31. The highest BCUT2D eigenvalue weighted by Crippen LogP contribution is 2.30. The molecule has 6 nitrogen and oxygen atoms in total. The maximum atomic E-state index is 13.5. The second-order valence-electron chi connectivity index (χ2n) is 3.43. The van der Waals surface area contributed by atoms with Crippen LogP contribution in [0.25, 0.3) is 0 Å². The van der Waals surface area contributed by atoms with Gasteiger partial charge >= 0.3 is 11.7 Å². The van der Waals surface area contributed by atoms with Crippen LogP contribution in [0.4, 0.5) is 10.1 Å². The molecule has 7 heteroatoms. The van der Waals surface area contributed by atoms with Crippen LogP contribution in [0, 0.1) is 15.9 Å². The van der Waals surface area contributed by atoms with Crippen LogP contribution < -0.4 is 4.74 Å². The van der Waals surface area contributed by atoms with Crippen molar-refractivity contribution >= 4 is 11.7 Å². The minimum absolute atomic E-state index is 0.0730. The van der Waals surface area contributed by atoms with Crippen LogP contribution in [0.1, 0.15) is 17.3 Å². The van der Waals surface area contributed by atoms with Crippen molar-refractivity contribution in [3.63, 3.8) is 0 Å². The Hall–Kier alpha value is -2.44. The Labute approximate surface area is 108 Å². The van der Waals surface area contributed by atoms with Gasteiger partial charge in [-0.15, -0.1) is 0 Å². The smallest absolute Gasteiger partial charge is 0.340 e. The van der Waals surface area contributed by atoms with Gasteiger partial charge in [0.15, 0.2) is 5.75 Å². The van der Waals surface area contributed by atoms with Crippen LogP contribution in [0.3, 0.4) is 0 Å². The van der Waals surface area contributed by atoms with Crippen LogP contribution in [0.5, 0.6) is 5.75 Å². The fraction of sp³-hybridized carbons (Fsp3) is 0.250. The predicted molar refractivity (Wildman–Crippen MR) is 64.7 cm³/mol. The number of nitro benzene ring substituents is 1. The number of rotatable bonds is 5. The van der Waals surface area contributed by atoms with E-state index in [1.54, 1.807) is 19.1 Å². The zero-order valence-electron chi connectivity index (χ0n) is 10.4. The lowest BCUT2D eigenvalue weighted by Crippen LogP contribution is -2.07. The minimum atomic E-state index is -1.03. The van der Waals surface area contributed by atoms with Gasteiger partial charge in [-0.1, -0.05) is 12.2 Å². The molecule has 0 aliphatic heterocycles. The Kier molecular flexibility index (Phi) is 4.99. The molecular weight excluding hydrogens is 257 g/mol. The van der Waals surface area contributed by atoms with E-state index in [1.807, 2.05) is 0 Å². The first-order valence-electron chi connectivity index (χ1n) is 5.31. The van der Waals surface area contributed by atoms with Crippen LogP contribution >= 0.6 is 0 Å². The maximum absolute atomic E-state index is 13.5. The summed E-state index contributed by atoms with van der Waals surface area (Å²) in [5.41, 5.74) is -0.960. The number of esters is 1. The summed E-state index contributed by atoms with van der Waals surface area (Å²) in [4.78, 5) is 21.3. The second-order valence-corrected chi connectivity index (χ2v) is 3.43. The summed E-state index contributed by atoms with van der Waals surface area (Å²) >= 11 is 0. The molecule has 0 aromatic heterocycles. The Bertz CT molecular complexity index is 527. The van der Waals surface area contributed by atoms with Gasteiger partial charge in [0.25, 0.3) is 0 Å². The molecule has 0 fully saturated rings. The number of halogens is 1. The Morgan fingerprint density at radius 3 is 2.74 bits per heavy atom. The molecule has 1 aromatic rings. The van der Waals surface area contributed by atoms with Crippen molar-refractivity contribution in [2.75, 3.05) is 13.7 Å². The lowest BCUT2D eigenvalue weighted by atomic mass is 10.1. The number of carbonyl (C=O) groups is 1. The lowest BCUT2D eigenvalue weighted by molar-refractivity contribution is -0.386. The third-order valence-corrected chi connectivity index (χ3v) is 2.22. The summed E-state index contributed by atoms with van der Waals surface area (Å²) in [5, 5.41) is 10.8. The molecule has 0 unspecified atom stereocenters. The maximum Gasteiger partial charge on any atom is 0.340 e. The summed E-state index contributed by atoms with van der Waals surface area (Å²) in [6.07, 6.45) is 3.31. The molecule has 0 atom stereocenters. The van der Waals surface area contributed by atoms with E-state index in [9.17, 15) is 19.3 Å². The monoisotopic (exact) mass is 269 g/mol. The van der Waals surface area contributed by atoms with Crippen molar-refractivity contribution in [2.45, 2.75) is 6.92 Å². The van der Waals surface area contributed by atoms with Gasteiger partial charge in [0, 0.05) is 6.07 Å². The van der Waals surface area contributed by atoms with E-state index in [0.717, 1.165) is 13.2 Å². The minimum Gasteiger partial charge on any atom is -0.483 e. The van der Waals surface area contributed by atoms with Gasteiger partial charge in [0.05, 0.1) is 23.7 Å². The standard InChI is InChI=1S/C12H12FNO5/c1-3-4-5-19-11-6-8(12(15)18-2)9(13)7-10(11)14(16)17/h3-4,6-7H,5H2,1-2H3/b4-3+. The quantitative estimate of drug-likeness (QED) is 0.355. The van der Waals surface area contributed by atoms with E-state index >= 15 is 0 Å². The Morgan fingerprint density at radius 2 is 2.21 bits per heavy atom. The summed E-state index contributed by atoms with van der Waals surface area (Å²) in [5.74, 6) is -2.15. The molecule has 0 saturated heterocycles. The molecule has 19 heavy (non-hydrogen) atoms. The van der Waals surface area contributed by atoms with E-state index < -0.39 is 28.0 Å². The molecule has 0 saturated carbocycles. The van der Waals surface area contributed by atoms with Gasteiger partial charge in [-0.2, -0.15) is 0 Å². The van der Waals surface area contributed by atoms with Crippen molar-refractivity contribution in [1.29, 1.82) is 0 Å². The Morgan fingerprint density at radius 1 is 1.53 bits per heavy atom. The third kappa shape index (κ3) is 3.51. The number of ether oxygens (including phenoxy) is 2. The summed E-state index contributed by atoms with van der Waals surface area (Å²) in [6.45, 7) is 1.83. The summed E-state index contributed by atoms with van der Waals surface area (Å²) in [6, 6.07) is 1.60. The van der Waals surface area contributed by atoms with Crippen molar-refractivity contribution in [1.82, 2.24) is 0 Å². The second kappa shape index (κ2) is 6.48. The van der Waals surface area contributed by atoms with Crippen molar-refractivity contribution < 1.29 is 23.6 Å². The molecule has 102 valence electrons. The normalized spacial score (nSPS) is 10.5. The molecule has 1 rings (SSSR count). The molecule has 0 aliphatic rings. The number of nitro groups is 1. The topological polar surface area (TPSA) is 78.7 Å². The molecular formula is C12H12FNO5. The van der Waals surface area contributed by atoms with Crippen molar-refractivity contribution in [2.24, 2.45) is 0 Å². The summed E-state index contributed by atoms with van der Waals surface area (Å²) in [7, 11) is 1.09. The molecule has 0 aliphatic carbocycles. The van der Waals surface area contributed by atoms with Crippen molar-refractivity contribution in [3.8, 4) is 5.75 Å². The lowest BCUT2D eigenvalue weighted by Gasteiger charge is -2.07. The van der Waals surface area contributed by atoms with Crippen LogP contribution in [0.15, 0.2) is 24.3 Å². The number of allylic oxidation sites excluding steroid dienone is 1. The zero-order chi connectivity index (χ0) is 14.4. The van der Waals surface area contributed by atoms with E-state index in [1.165, 1.54) is 0 Å². The first-order chi connectivity index (χ1) is 9.01. The van der Waals surface area contributed by atoms with Gasteiger partial charge in [-0.3, -0.25) is 10.1 Å². The zero-order valence-corrected chi connectivity index (χ0v) is 10.4. The highest BCUT2D eigenvalue weighted by atomic mass is 19.1. The summed E-state index contributed by atoms with van der Waals surface area (Å²) < 4.78 is 23.0. The van der Waals surface area contributed by atoms with Crippen LogP contribution in [-0.2, 0) is 4.74 Å². The van der Waals surface area contributed by atoms with Crippen molar-refractivity contribution in [3.05, 3.63) is 45.8 Å². The average Bonchev–Trinajstić information content (AvgIpc) is 2.39.